The Morgan fingerprint density at radius 1 is 1.06 bits per heavy atom. The Hall–Kier alpha value is -1.77. The molecule has 1 heterocycles. The number of benzene rings is 2. The molecule has 1 aromatic heterocycles. The molecule has 3 aromatic rings. The van der Waals surface area contributed by atoms with Gasteiger partial charge in [0, 0.05) is 0 Å². The van der Waals surface area contributed by atoms with Crippen molar-refractivity contribution in [2.75, 3.05) is 7.11 Å². The predicted octanol–water partition coefficient (Wildman–Crippen LogP) is 2.06. The fraction of sp³-hybridized carbons (Fsp3) is 0.0714. The molecule has 0 aliphatic carbocycles. The number of fused-ring (bicyclic) bond motifs is 1. The molecule has 3 rings (SSSR count). The summed E-state index contributed by atoms with van der Waals surface area (Å²) in [6.07, 6.45) is 0. The summed E-state index contributed by atoms with van der Waals surface area (Å²) in [5.41, 5.74) is 1.01. The fourth-order valence-electron chi connectivity index (χ4n) is 1.91. The first kappa shape index (κ1) is 11.3. The molecule has 0 atom stereocenters. The molecule has 0 N–H and O–H groups in total. The molecule has 0 amide bonds. The Bertz CT molecular complexity index is 743. The minimum atomic E-state index is -0.0552. The summed E-state index contributed by atoms with van der Waals surface area (Å²) in [4.78, 5) is 12.4. The maximum atomic E-state index is 12.4. The zero-order chi connectivity index (χ0) is 12.5. The molecule has 0 bridgehead atoms. The zero-order valence-corrected chi connectivity index (χ0v) is 11.5. The van der Waals surface area contributed by atoms with Crippen LogP contribution in [0.25, 0.3) is 15.3 Å². The van der Waals surface area contributed by atoms with E-state index in [4.69, 9.17) is 4.74 Å². The Labute approximate surface area is 110 Å². The Kier molecular flexibility index (Phi) is 2.82. The number of hydrogen-bond donors (Lipinski definition) is 0. The molecule has 3 nitrogen and oxygen atoms in total. The molecule has 0 fully saturated rings. The topological polar surface area (TPSA) is 31.2 Å². The first-order valence-electron chi connectivity index (χ1n) is 5.56. The summed E-state index contributed by atoms with van der Waals surface area (Å²) < 4.78 is 8.19. The van der Waals surface area contributed by atoms with Gasteiger partial charge in [-0.1, -0.05) is 0 Å². The Morgan fingerprint density at radius 2 is 1.83 bits per heavy atom. The number of hydrogen-bond acceptors (Lipinski definition) is 2. The Balaban J connectivity index is 2.33. The molecule has 0 spiro atoms. The molecule has 0 aliphatic rings. The summed E-state index contributed by atoms with van der Waals surface area (Å²) in [6, 6.07) is 15.4. The van der Waals surface area contributed by atoms with E-state index in [2.05, 4.69) is 0 Å². The second-order valence-corrected chi connectivity index (χ2v) is 5.87. The molecule has 0 radical (unpaired) electrons. The molecule has 0 saturated heterocycles. The molecule has 0 aliphatic heterocycles. The normalized spacial score (nSPS) is 10.7. The number of methoxy groups -OCH3 is 1. The van der Waals surface area contributed by atoms with Crippen molar-refractivity contribution in [3.05, 3.63) is 58.9 Å². The van der Waals surface area contributed by atoms with Crippen molar-refractivity contribution in [2.24, 2.45) is 0 Å². The molecule has 18 heavy (non-hydrogen) atoms. The molecule has 4 heteroatoms. The van der Waals surface area contributed by atoms with Crippen LogP contribution in [0.15, 0.2) is 53.3 Å². The quantitative estimate of drug-likeness (QED) is 0.679. The first-order valence-corrected chi connectivity index (χ1v) is 7.18. The van der Waals surface area contributed by atoms with E-state index in [9.17, 15) is 4.79 Å². The number of rotatable bonds is 2. The van der Waals surface area contributed by atoms with Crippen LogP contribution in [0.1, 0.15) is 0 Å². The third-order valence-electron chi connectivity index (χ3n) is 2.79. The summed E-state index contributed by atoms with van der Waals surface area (Å²) in [5, 5.41) is 0.762. The van der Waals surface area contributed by atoms with Crippen LogP contribution < -0.4 is 10.3 Å². The van der Waals surface area contributed by atoms with E-state index in [1.54, 1.807) is 7.11 Å². The third kappa shape index (κ3) is 1.70. The van der Waals surface area contributed by atoms with Crippen LogP contribution in [0.2, 0.25) is 0 Å². The van der Waals surface area contributed by atoms with Crippen LogP contribution in [-0.2, 0) is 0 Å². The van der Waals surface area contributed by atoms with Gasteiger partial charge in [0.15, 0.2) is 0 Å². The van der Waals surface area contributed by atoms with Gasteiger partial charge in [0.05, 0.1) is 0 Å². The first-order chi connectivity index (χ1) is 8.81. The molecular formula is C14H11NO2Se. The van der Waals surface area contributed by atoms with Crippen molar-refractivity contribution in [1.29, 1.82) is 0 Å². The van der Waals surface area contributed by atoms with Crippen molar-refractivity contribution in [1.82, 2.24) is 3.56 Å². The van der Waals surface area contributed by atoms with Gasteiger partial charge in [-0.25, -0.2) is 0 Å². The van der Waals surface area contributed by atoms with Crippen LogP contribution in [0.3, 0.4) is 0 Å². The number of para-hydroxylation sites is 1. The van der Waals surface area contributed by atoms with Crippen LogP contribution in [-0.4, -0.2) is 25.4 Å². The predicted molar refractivity (Wildman–Crippen MR) is 73.0 cm³/mol. The van der Waals surface area contributed by atoms with Crippen LogP contribution in [0, 0.1) is 0 Å². The molecular weight excluding hydrogens is 293 g/mol. The molecule has 2 aromatic carbocycles. The van der Waals surface area contributed by atoms with Crippen LogP contribution in [0.5, 0.6) is 5.75 Å². The van der Waals surface area contributed by atoms with E-state index in [0.29, 0.717) is 0 Å². The summed E-state index contributed by atoms with van der Waals surface area (Å²) in [5.74, 6) is 0.805. The number of aromatic nitrogens is 1. The van der Waals surface area contributed by atoms with Gasteiger partial charge in [-0.3, -0.25) is 0 Å². The molecule has 0 unspecified atom stereocenters. The van der Waals surface area contributed by atoms with Gasteiger partial charge in [0.2, 0.25) is 0 Å². The summed E-state index contributed by atoms with van der Waals surface area (Å²) >= 11 is -0.0552. The van der Waals surface area contributed by atoms with E-state index in [-0.39, 0.29) is 20.3 Å². The van der Waals surface area contributed by atoms with E-state index >= 15 is 0 Å². The SMILES string of the molecule is COc1cccc2c(=O)n(-c3ccccc3)[se]c12. The van der Waals surface area contributed by atoms with E-state index in [1.807, 2.05) is 52.1 Å². The third-order valence-corrected chi connectivity index (χ3v) is 5.23. The molecule has 0 saturated carbocycles. The van der Waals surface area contributed by atoms with Gasteiger partial charge in [0.1, 0.15) is 0 Å². The average Bonchev–Trinajstić information content (AvgIpc) is 2.77. The standard InChI is InChI=1S/C14H11NO2Se/c1-17-12-9-5-8-11-13(12)18-15(14(11)16)10-6-3-2-4-7-10/h2-9H,1H3. The summed E-state index contributed by atoms with van der Waals surface area (Å²) in [6.45, 7) is 0. The number of ether oxygens (including phenoxy) is 1. The van der Waals surface area contributed by atoms with E-state index < -0.39 is 0 Å². The van der Waals surface area contributed by atoms with Crippen molar-refractivity contribution < 1.29 is 4.74 Å². The summed E-state index contributed by atoms with van der Waals surface area (Å²) in [7, 11) is 1.64. The Morgan fingerprint density at radius 3 is 2.56 bits per heavy atom. The van der Waals surface area contributed by atoms with Crippen molar-refractivity contribution in [2.45, 2.75) is 0 Å². The molecule has 90 valence electrons. The second kappa shape index (κ2) is 4.48. The average molecular weight is 304 g/mol. The van der Waals surface area contributed by atoms with Gasteiger partial charge in [-0.2, -0.15) is 0 Å². The van der Waals surface area contributed by atoms with E-state index in [0.717, 1.165) is 21.1 Å². The van der Waals surface area contributed by atoms with Gasteiger partial charge in [0.25, 0.3) is 0 Å². The van der Waals surface area contributed by atoms with Crippen LogP contribution >= 0.6 is 0 Å². The van der Waals surface area contributed by atoms with Crippen LogP contribution in [0.4, 0.5) is 0 Å². The van der Waals surface area contributed by atoms with Crippen molar-refractivity contribution >= 4 is 24.4 Å². The minimum absolute atomic E-state index is 0.0552. The monoisotopic (exact) mass is 305 g/mol. The fourth-order valence-corrected chi connectivity index (χ4v) is 4.19. The maximum absolute atomic E-state index is 12.4. The van der Waals surface area contributed by atoms with Crippen molar-refractivity contribution in [3.8, 4) is 11.4 Å². The van der Waals surface area contributed by atoms with Crippen molar-refractivity contribution in [3.63, 3.8) is 0 Å². The second-order valence-electron chi connectivity index (χ2n) is 3.86. The van der Waals surface area contributed by atoms with Gasteiger partial charge in [-0.05, 0) is 0 Å². The van der Waals surface area contributed by atoms with Gasteiger partial charge in [-0.15, -0.1) is 0 Å². The van der Waals surface area contributed by atoms with E-state index in [1.165, 1.54) is 0 Å². The van der Waals surface area contributed by atoms with Gasteiger partial charge < -0.3 is 0 Å². The zero-order valence-electron chi connectivity index (χ0n) is 9.79. The van der Waals surface area contributed by atoms with Gasteiger partial charge >= 0.3 is 110 Å². The number of nitrogens with zero attached hydrogens (tertiary/aromatic N) is 1.